The summed E-state index contributed by atoms with van der Waals surface area (Å²) in [6, 6.07) is 5.15. The average Bonchev–Trinajstić information content (AvgIpc) is 2.78. The molecule has 0 aliphatic carbocycles. The summed E-state index contributed by atoms with van der Waals surface area (Å²) in [5.41, 5.74) is 8.11. The van der Waals surface area contributed by atoms with Crippen LogP contribution in [-0.2, 0) is 22.6 Å². The third-order valence-electron chi connectivity index (χ3n) is 4.05. The molecule has 0 bridgehead atoms. The molecular weight excluding hydrogens is 270 g/mol. The topological polar surface area (TPSA) is 92.5 Å². The van der Waals surface area contributed by atoms with Gasteiger partial charge in [-0.2, -0.15) is 0 Å². The summed E-state index contributed by atoms with van der Waals surface area (Å²) in [5.74, 6) is -0.791. The number of imide groups is 1. The van der Waals surface area contributed by atoms with E-state index in [4.69, 9.17) is 5.73 Å². The first-order valence-electron chi connectivity index (χ1n) is 7.07. The van der Waals surface area contributed by atoms with Crippen molar-refractivity contribution in [2.75, 3.05) is 6.54 Å². The van der Waals surface area contributed by atoms with Crippen molar-refractivity contribution in [2.24, 2.45) is 5.73 Å². The van der Waals surface area contributed by atoms with E-state index >= 15 is 0 Å². The second-order valence-electron chi connectivity index (χ2n) is 5.39. The SMILES string of the molecule is NCCc1cccc2c1C(=O)N(C1CCC(=O)NC1=O)C2. The average molecular weight is 287 g/mol. The highest BCUT2D eigenvalue weighted by Crippen LogP contribution is 2.29. The smallest absolute Gasteiger partial charge is 0.255 e. The number of hydrogen-bond acceptors (Lipinski definition) is 4. The van der Waals surface area contributed by atoms with Crippen LogP contribution in [0.5, 0.6) is 0 Å². The van der Waals surface area contributed by atoms with E-state index in [0.717, 1.165) is 11.1 Å². The van der Waals surface area contributed by atoms with Crippen LogP contribution in [0.2, 0.25) is 0 Å². The molecule has 3 N–H and O–H groups in total. The Balaban J connectivity index is 1.88. The number of rotatable bonds is 3. The van der Waals surface area contributed by atoms with Gasteiger partial charge >= 0.3 is 0 Å². The van der Waals surface area contributed by atoms with Crippen LogP contribution in [-0.4, -0.2) is 35.2 Å². The molecule has 1 aromatic carbocycles. The highest BCUT2D eigenvalue weighted by Gasteiger charge is 2.39. The third kappa shape index (κ3) is 2.31. The fourth-order valence-corrected chi connectivity index (χ4v) is 3.05. The van der Waals surface area contributed by atoms with E-state index in [9.17, 15) is 14.4 Å². The Morgan fingerprint density at radius 1 is 1.29 bits per heavy atom. The van der Waals surface area contributed by atoms with Crippen LogP contribution < -0.4 is 11.1 Å². The Morgan fingerprint density at radius 2 is 2.10 bits per heavy atom. The lowest BCUT2D eigenvalue weighted by Crippen LogP contribution is -2.52. The maximum Gasteiger partial charge on any atom is 0.255 e. The largest absolute Gasteiger partial charge is 0.330 e. The van der Waals surface area contributed by atoms with Crippen LogP contribution in [0.4, 0.5) is 0 Å². The summed E-state index contributed by atoms with van der Waals surface area (Å²) >= 11 is 0. The number of amides is 3. The van der Waals surface area contributed by atoms with Crippen LogP contribution in [0.1, 0.15) is 34.3 Å². The maximum atomic E-state index is 12.6. The molecule has 2 aliphatic heterocycles. The van der Waals surface area contributed by atoms with Gasteiger partial charge in [-0.3, -0.25) is 19.7 Å². The van der Waals surface area contributed by atoms with Crippen molar-refractivity contribution in [1.82, 2.24) is 10.2 Å². The number of fused-ring (bicyclic) bond motifs is 1. The molecule has 2 aliphatic rings. The van der Waals surface area contributed by atoms with Gasteiger partial charge in [0.2, 0.25) is 11.8 Å². The molecular formula is C15H17N3O3. The summed E-state index contributed by atoms with van der Waals surface area (Å²) in [6.07, 6.45) is 1.29. The van der Waals surface area contributed by atoms with Gasteiger partial charge < -0.3 is 10.6 Å². The molecule has 2 heterocycles. The molecule has 6 heteroatoms. The molecule has 3 rings (SSSR count). The molecule has 1 fully saturated rings. The number of nitrogens with zero attached hydrogens (tertiary/aromatic N) is 1. The quantitative estimate of drug-likeness (QED) is 0.762. The monoisotopic (exact) mass is 287 g/mol. The van der Waals surface area contributed by atoms with Crippen molar-refractivity contribution in [3.63, 3.8) is 0 Å². The van der Waals surface area contributed by atoms with Crippen molar-refractivity contribution in [2.45, 2.75) is 31.8 Å². The van der Waals surface area contributed by atoms with Gasteiger partial charge in [-0.1, -0.05) is 18.2 Å². The lowest BCUT2D eigenvalue weighted by atomic mass is 10.0. The van der Waals surface area contributed by atoms with E-state index < -0.39 is 6.04 Å². The minimum Gasteiger partial charge on any atom is -0.330 e. The standard InChI is InChI=1S/C15H17N3O3/c16-7-6-9-2-1-3-10-8-18(15(21)13(9)10)11-4-5-12(19)17-14(11)20/h1-3,11H,4-8,16H2,(H,17,19,20). The summed E-state index contributed by atoms with van der Waals surface area (Å²) < 4.78 is 0. The molecule has 21 heavy (non-hydrogen) atoms. The van der Waals surface area contributed by atoms with Gasteiger partial charge in [-0.05, 0) is 30.5 Å². The zero-order valence-electron chi connectivity index (χ0n) is 11.6. The summed E-state index contributed by atoms with van der Waals surface area (Å²) in [7, 11) is 0. The minimum absolute atomic E-state index is 0.136. The van der Waals surface area contributed by atoms with E-state index in [1.165, 1.54) is 0 Å². The van der Waals surface area contributed by atoms with E-state index in [0.29, 0.717) is 31.5 Å². The first-order chi connectivity index (χ1) is 10.1. The fraction of sp³-hybridized carbons (Fsp3) is 0.400. The van der Waals surface area contributed by atoms with E-state index in [1.807, 2.05) is 18.2 Å². The molecule has 0 radical (unpaired) electrons. The number of nitrogens with two attached hydrogens (primary N) is 1. The third-order valence-corrected chi connectivity index (χ3v) is 4.05. The van der Waals surface area contributed by atoms with Crippen molar-refractivity contribution in [3.05, 3.63) is 34.9 Å². The molecule has 3 amide bonds. The van der Waals surface area contributed by atoms with Crippen LogP contribution in [0.15, 0.2) is 18.2 Å². The zero-order chi connectivity index (χ0) is 15.0. The molecule has 1 atom stereocenters. The molecule has 0 aromatic heterocycles. The highest BCUT2D eigenvalue weighted by molar-refractivity contribution is 6.05. The molecule has 110 valence electrons. The number of piperidine rings is 1. The van der Waals surface area contributed by atoms with Gasteiger partial charge in [0, 0.05) is 18.5 Å². The maximum absolute atomic E-state index is 12.6. The van der Waals surface area contributed by atoms with Gasteiger partial charge in [0.1, 0.15) is 6.04 Å². The Hall–Kier alpha value is -2.21. The highest BCUT2D eigenvalue weighted by atomic mass is 16.2. The first-order valence-corrected chi connectivity index (χ1v) is 7.07. The summed E-state index contributed by atoms with van der Waals surface area (Å²) in [4.78, 5) is 37.4. The predicted molar refractivity (Wildman–Crippen MR) is 75.2 cm³/mol. The zero-order valence-corrected chi connectivity index (χ0v) is 11.6. The van der Waals surface area contributed by atoms with Gasteiger partial charge in [-0.25, -0.2) is 0 Å². The lowest BCUT2D eigenvalue weighted by Gasteiger charge is -2.29. The van der Waals surface area contributed by atoms with E-state index in [1.54, 1.807) is 4.90 Å². The first kappa shape index (κ1) is 13.8. The molecule has 1 aromatic rings. The fourth-order valence-electron chi connectivity index (χ4n) is 3.05. The van der Waals surface area contributed by atoms with Gasteiger partial charge in [0.25, 0.3) is 5.91 Å². The normalized spacial score (nSPS) is 21.5. The van der Waals surface area contributed by atoms with Crippen LogP contribution >= 0.6 is 0 Å². The number of carbonyl (C=O) groups excluding carboxylic acids is 3. The Kier molecular flexibility index (Phi) is 3.47. The Labute approximate surface area is 122 Å². The van der Waals surface area contributed by atoms with E-state index in [2.05, 4.69) is 5.32 Å². The van der Waals surface area contributed by atoms with Crippen LogP contribution in [0, 0.1) is 0 Å². The second kappa shape index (κ2) is 5.29. The second-order valence-corrected chi connectivity index (χ2v) is 5.39. The van der Waals surface area contributed by atoms with Crippen molar-refractivity contribution in [3.8, 4) is 0 Å². The number of nitrogens with one attached hydrogen (secondary N) is 1. The lowest BCUT2D eigenvalue weighted by molar-refractivity contribution is -0.136. The van der Waals surface area contributed by atoms with E-state index in [-0.39, 0.29) is 24.1 Å². The molecule has 1 unspecified atom stereocenters. The van der Waals surface area contributed by atoms with Gasteiger partial charge in [0.15, 0.2) is 0 Å². The Morgan fingerprint density at radius 3 is 2.81 bits per heavy atom. The Bertz CT molecular complexity index is 627. The van der Waals surface area contributed by atoms with Crippen LogP contribution in [0.25, 0.3) is 0 Å². The molecule has 6 nitrogen and oxygen atoms in total. The number of benzene rings is 1. The number of carbonyl (C=O) groups is 3. The van der Waals surface area contributed by atoms with Crippen molar-refractivity contribution >= 4 is 17.7 Å². The minimum atomic E-state index is -0.562. The molecule has 0 saturated carbocycles. The van der Waals surface area contributed by atoms with Crippen molar-refractivity contribution < 1.29 is 14.4 Å². The number of hydrogen-bond donors (Lipinski definition) is 2. The van der Waals surface area contributed by atoms with Crippen molar-refractivity contribution in [1.29, 1.82) is 0 Å². The summed E-state index contributed by atoms with van der Waals surface area (Å²) in [6.45, 7) is 0.890. The molecule has 0 spiro atoms. The van der Waals surface area contributed by atoms with Gasteiger partial charge in [-0.15, -0.1) is 0 Å². The summed E-state index contributed by atoms with van der Waals surface area (Å²) in [5, 5.41) is 2.30. The predicted octanol–water partition coefficient (Wildman–Crippen LogP) is -0.0512. The van der Waals surface area contributed by atoms with Crippen LogP contribution in [0.3, 0.4) is 0 Å². The van der Waals surface area contributed by atoms with Gasteiger partial charge in [0.05, 0.1) is 0 Å². The molecule has 1 saturated heterocycles.